The summed E-state index contributed by atoms with van der Waals surface area (Å²) in [6, 6.07) is 12.1. The van der Waals surface area contributed by atoms with E-state index in [2.05, 4.69) is 4.72 Å². The topological polar surface area (TPSA) is 86.7 Å². The third-order valence-electron chi connectivity index (χ3n) is 3.01. The highest BCUT2D eigenvalue weighted by molar-refractivity contribution is 7.92. The molecule has 22 heavy (non-hydrogen) atoms. The van der Waals surface area contributed by atoms with E-state index in [-0.39, 0.29) is 10.5 Å². The number of carbonyl (C=O) groups is 1. The van der Waals surface area contributed by atoms with E-state index in [1.807, 2.05) is 25.1 Å². The van der Waals surface area contributed by atoms with Crippen molar-refractivity contribution in [2.75, 3.05) is 23.7 Å². The van der Waals surface area contributed by atoms with E-state index in [0.29, 0.717) is 5.69 Å². The molecule has 0 aliphatic heterocycles. The van der Waals surface area contributed by atoms with Crippen molar-refractivity contribution >= 4 is 27.4 Å². The average Bonchev–Trinajstić information content (AvgIpc) is 2.47. The van der Waals surface area contributed by atoms with E-state index in [1.54, 1.807) is 18.2 Å². The highest BCUT2D eigenvalue weighted by atomic mass is 32.2. The molecule has 7 heteroatoms. The predicted molar refractivity (Wildman–Crippen MR) is 85.0 cm³/mol. The molecule has 0 bridgehead atoms. The highest BCUT2D eigenvalue weighted by Gasteiger charge is 2.16. The fourth-order valence-corrected chi connectivity index (χ4v) is 2.95. The van der Waals surface area contributed by atoms with Crippen LogP contribution in [0.25, 0.3) is 0 Å². The molecule has 2 aromatic carbocycles. The largest absolute Gasteiger partial charge is 0.478 e. The first kappa shape index (κ1) is 15.8. The van der Waals surface area contributed by atoms with E-state index in [1.165, 1.54) is 18.2 Å². The predicted octanol–water partition coefficient (Wildman–Crippen LogP) is 2.25. The molecule has 0 radical (unpaired) electrons. The molecule has 0 unspecified atom stereocenters. The summed E-state index contributed by atoms with van der Waals surface area (Å²) in [4.78, 5) is 12.7. The van der Waals surface area contributed by atoms with E-state index in [0.717, 1.165) is 11.8 Å². The Bertz CT molecular complexity index is 801. The van der Waals surface area contributed by atoms with Crippen LogP contribution in [-0.4, -0.2) is 33.6 Å². The number of carboxylic acid groups (broad SMARTS) is 1. The summed E-state index contributed by atoms with van der Waals surface area (Å²) in [5, 5.41) is 8.94. The Morgan fingerprint density at radius 1 is 1.09 bits per heavy atom. The van der Waals surface area contributed by atoms with Crippen molar-refractivity contribution in [3.8, 4) is 0 Å². The second kappa shape index (κ2) is 6.07. The molecule has 6 nitrogen and oxygen atoms in total. The highest BCUT2D eigenvalue weighted by Crippen LogP contribution is 2.21. The second-order valence-electron chi connectivity index (χ2n) is 4.88. The van der Waals surface area contributed by atoms with Crippen molar-refractivity contribution in [2.24, 2.45) is 0 Å². The molecule has 0 saturated heterocycles. The Kier molecular flexibility index (Phi) is 4.37. The van der Waals surface area contributed by atoms with Crippen LogP contribution >= 0.6 is 0 Å². The van der Waals surface area contributed by atoms with E-state index < -0.39 is 16.0 Å². The zero-order valence-corrected chi connectivity index (χ0v) is 13.0. The van der Waals surface area contributed by atoms with Crippen LogP contribution in [-0.2, 0) is 10.0 Å². The molecule has 116 valence electrons. The number of aromatic carboxylic acids is 1. The first-order valence-electron chi connectivity index (χ1n) is 6.43. The van der Waals surface area contributed by atoms with Crippen molar-refractivity contribution in [3.63, 3.8) is 0 Å². The van der Waals surface area contributed by atoms with Gasteiger partial charge in [-0.15, -0.1) is 0 Å². The second-order valence-corrected chi connectivity index (χ2v) is 6.57. The fraction of sp³-hybridized carbons (Fsp3) is 0.133. The molecule has 0 aromatic heterocycles. The zero-order valence-electron chi connectivity index (χ0n) is 12.1. The zero-order chi connectivity index (χ0) is 16.3. The summed E-state index contributed by atoms with van der Waals surface area (Å²) < 4.78 is 27.1. The fourth-order valence-electron chi connectivity index (χ4n) is 1.86. The molecule has 0 saturated carbocycles. The lowest BCUT2D eigenvalue weighted by Crippen LogP contribution is -2.14. The molecular weight excluding hydrogens is 304 g/mol. The smallest absolute Gasteiger partial charge is 0.335 e. The standard InChI is InChI=1S/C15H16N2O4S/c1-17(2)13-7-4-6-12(10-13)16-22(20,21)14-8-3-5-11(9-14)15(18)19/h3-10,16H,1-2H3,(H,18,19). The Hall–Kier alpha value is -2.54. The van der Waals surface area contributed by atoms with Crippen LogP contribution in [0.3, 0.4) is 0 Å². The molecule has 0 amide bonds. The molecule has 2 N–H and O–H groups in total. The van der Waals surface area contributed by atoms with Gasteiger partial charge in [-0.05, 0) is 36.4 Å². The lowest BCUT2D eigenvalue weighted by atomic mass is 10.2. The first-order valence-corrected chi connectivity index (χ1v) is 7.91. The third-order valence-corrected chi connectivity index (χ3v) is 4.39. The number of hydrogen-bond donors (Lipinski definition) is 2. The van der Waals surface area contributed by atoms with Gasteiger partial charge in [-0.25, -0.2) is 13.2 Å². The summed E-state index contributed by atoms with van der Waals surface area (Å²) in [7, 11) is -0.141. The minimum Gasteiger partial charge on any atom is -0.478 e. The van der Waals surface area contributed by atoms with Gasteiger partial charge in [0.15, 0.2) is 0 Å². The molecule has 0 spiro atoms. The van der Waals surface area contributed by atoms with Gasteiger partial charge in [0.05, 0.1) is 16.1 Å². The minimum atomic E-state index is -3.84. The van der Waals surface area contributed by atoms with Gasteiger partial charge in [0.2, 0.25) is 0 Å². The van der Waals surface area contributed by atoms with Gasteiger partial charge in [-0.1, -0.05) is 12.1 Å². The number of hydrogen-bond acceptors (Lipinski definition) is 4. The number of nitrogens with one attached hydrogen (secondary N) is 1. The summed E-state index contributed by atoms with van der Waals surface area (Å²) >= 11 is 0. The van der Waals surface area contributed by atoms with Crippen LogP contribution in [0.1, 0.15) is 10.4 Å². The van der Waals surface area contributed by atoms with Crippen LogP contribution in [0, 0.1) is 0 Å². The number of nitrogens with zero attached hydrogens (tertiary/aromatic N) is 1. The maximum absolute atomic E-state index is 12.3. The lowest BCUT2D eigenvalue weighted by molar-refractivity contribution is 0.0696. The summed E-state index contributed by atoms with van der Waals surface area (Å²) in [5.41, 5.74) is 1.18. The number of rotatable bonds is 5. The SMILES string of the molecule is CN(C)c1cccc(NS(=O)(=O)c2cccc(C(=O)O)c2)c1. The van der Waals surface area contributed by atoms with E-state index in [9.17, 15) is 13.2 Å². The van der Waals surface area contributed by atoms with Gasteiger partial charge < -0.3 is 10.0 Å². The summed E-state index contributed by atoms with van der Waals surface area (Å²) in [6.45, 7) is 0. The maximum Gasteiger partial charge on any atom is 0.335 e. The van der Waals surface area contributed by atoms with E-state index in [4.69, 9.17) is 5.11 Å². The summed E-state index contributed by atoms with van der Waals surface area (Å²) in [5.74, 6) is -1.17. The number of sulfonamides is 1. The van der Waals surface area contributed by atoms with Gasteiger partial charge in [0, 0.05) is 19.8 Å². The van der Waals surface area contributed by atoms with Crippen LogP contribution in [0.4, 0.5) is 11.4 Å². The molecule has 0 aliphatic rings. The normalized spacial score (nSPS) is 11.0. The molecule has 0 atom stereocenters. The van der Waals surface area contributed by atoms with Crippen LogP contribution in [0.5, 0.6) is 0 Å². The number of benzene rings is 2. The van der Waals surface area contributed by atoms with Crippen molar-refractivity contribution in [2.45, 2.75) is 4.90 Å². The first-order chi connectivity index (χ1) is 10.3. The average molecular weight is 320 g/mol. The van der Waals surface area contributed by atoms with Crippen molar-refractivity contribution in [1.29, 1.82) is 0 Å². The Morgan fingerprint density at radius 2 is 1.77 bits per heavy atom. The van der Waals surface area contributed by atoms with Crippen LogP contribution in [0.2, 0.25) is 0 Å². The minimum absolute atomic E-state index is 0.0788. The van der Waals surface area contributed by atoms with Crippen molar-refractivity contribution in [3.05, 3.63) is 54.1 Å². The van der Waals surface area contributed by atoms with Gasteiger partial charge >= 0.3 is 5.97 Å². The van der Waals surface area contributed by atoms with E-state index >= 15 is 0 Å². The third kappa shape index (κ3) is 3.56. The molecule has 2 aromatic rings. The maximum atomic E-state index is 12.3. The lowest BCUT2D eigenvalue weighted by Gasteiger charge is -2.14. The van der Waals surface area contributed by atoms with Gasteiger partial charge in [0.25, 0.3) is 10.0 Å². The molecule has 0 aliphatic carbocycles. The van der Waals surface area contributed by atoms with Crippen molar-refractivity contribution < 1.29 is 18.3 Å². The summed E-state index contributed by atoms with van der Waals surface area (Å²) in [6.07, 6.45) is 0. The molecule has 0 fully saturated rings. The van der Waals surface area contributed by atoms with Gasteiger partial charge in [-0.3, -0.25) is 4.72 Å². The number of carboxylic acids is 1. The molecule has 0 heterocycles. The van der Waals surface area contributed by atoms with Crippen molar-refractivity contribution in [1.82, 2.24) is 0 Å². The Labute approximate surface area is 129 Å². The monoisotopic (exact) mass is 320 g/mol. The molecular formula is C15H16N2O4S. The molecule has 2 rings (SSSR count). The van der Waals surface area contributed by atoms with Gasteiger partial charge in [-0.2, -0.15) is 0 Å². The van der Waals surface area contributed by atoms with Gasteiger partial charge in [0.1, 0.15) is 0 Å². The quantitative estimate of drug-likeness (QED) is 0.882. The Morgan fingerprint density at radius 3 is 2.41 bits per heavy atom. The number of anilines is 2. The van der Waals surface area contributed by atoms with Crippen LogP contribution < -0.4 is 9.62 Å². The van der Waals surface area contributed by atoms with Crippen LogP contribution in [0.15, 0.2) is 53.4 Å². The Balaban J connectivity index is 2.34.